The van der Waals surface area contributed by atoms with Gasteiger partial charge in [0, 0.05) is 38.8 Å². The molecule has 1 saturated heterocycles. The molecule has 2 aromatic rings. The lowest BCUT2D eigenvalue weighted by atomic mass is 10.2. The first-order valence-corrected chi connectivity index (χ1v) is 8.21. The molecule has 0 unspecified atom stereocenters. The average molecular weight is 343 g/mol. The minimum Gasteiger partial charge on any atom is -0.368 e. The van der Waals surface area contributed by atoms with Gasteiger partial charge in [0.25, 0.3) is 5.91 Å². The Labute approximate surface area is 145 Å². The maximum atomic E-state index is 12.5. The number of imidazole rings is 1. The topological polar surface area (TPSA) is 84.5 Å². The number of hydrogen-bond donors (Lipinski definition) is 0. The fourth-order valence-corrected chi connectivity index (χ4v) is 3.00. The number of benzene rings is 1. The van der Waals surface area contributed by atoms with Crippen molar-refractivity contribution in [2.45, 2.75) is 20.4 Å². The quantitative estimate of drug-likeness (QED) is 0.624. The van der Waals surface area contributed by atoms with E-state index in [2.05, 4.69) is 41.1 Å². The van der Waals surface area contributed by atoms with Crippen LogP contribution in [0.3, 0.4) is 0 Å². The molecular formula is C17H21N5O3. The van der Waals surface area contributed by atoms with E-state index in [1.165, 1.54) is 16.3 Å². The van der Waals surface area contributed by atoms with Gasteiger partial charge in [0.1, 0.15) is 6.20 Å². The lowest BCUT2D eigenvalue weighted by Crippen LogP contribution is -2.49. The summed E-state index contributed by atoms with van der Waals surface area (Å²) in [7, 11) is 0. The van der Waals surface area contributed by atoms with Crippen molar-refractivity contribution in [3.05, 3.63) is 52.0 Å². The molecule has 1 aliphatic heterocycles. The Morgan fingerprint density at radius 3 is 2.40 bits per heavy atom. The molecule has 25 heavy (non-hydrogen) atoms. The maximum absolute atomic E-state index is 12.5. The minimum atomic E-state index is -0.511. The number of hydrogen-bond acceptors (Lipinski definition) is 5. The van der Waals surface area contributed by atoms with E-state index in [0.717, 1.165) is 18.8 Å². The van der Waals surface area contributed by atoms with Crippen molar-refractivity contribution in [3.63, 3.8) is 0 Å². The van der Waals surface area contributed by atoms with E-state index < -0.39 is 4.92 Å². The summed E-state index contributed by atoms with van der Waals surface area (Å²) < 4.78 is 1.36. The lowest BCUT2D eigenvalue weighted by Gasteiger charge is -2.36. The van der Waals surface area contributed by atoms with Crippen LogP contribution in [0, 0.1) is 24.0 Å². The number of aromatic nitrogens is 2. The molecule has 1 amide bonds. The van der Waals surface area contributed by atoms with Crippen LogP contribution >= 0.6 is 0 Å². The summed E-state index contributed by atoms with van der Waals surface area (Å²) in [6.45, 7) is 6.38. The van der Waals surface area contributed by atoms with Gasteiger partial charge >= 0.3 is 5.82 Å². The zero-order valence-electron chi connectivity index (χ0n) is 14.4. The second-order valence-corrected chi connectivity index (χ2v) is 6.21. The minimum absolute atomic E-state index is 0.0489. The number of anilines is 1. The third-order valence-corrected chi connectivity index (χ3v) is 4.55. The van der Waals surface area contributed by atoms with Crippen molar-refractivity contribution < 1.29 is 9.72 Å². The number of aryl methyl sites for hydroxylation is 2. The molecule has 132 valence electrons. The van der Waals surface area contributed by atoms with Gasteiger partial charge in [-0.3, -0.25) is 4.79 Å². The van der Waals surface area contributed by atoms with Crippen molar-refractivity contribution in [3.8, 4) is 0 Å². The molecule has 1 aliphatic rings. The van der Waals surface area contributed by atoms with Crippen molar-refractivity contribution in [2.75, 3.05) is 31.1 Å². The Morgan fingerprint density at radius 1 is 1.16 bits per heavy atom. The largest absolute Gasteiger partial charge is 0.368 e. The highest BCUT2D eigenvalue weighted by Gasteiger charge is 2.26. The molecule has 0 spiro atoms. The van der Waals surface area contributed by atoms with Crippen LogP contribution in [-0.4, -0.2) is 51.5 Å². The molecule has 2 heterocycles. The molecule has 0 aliphatic carbocycles. The lowest BCUT2D eigenvalue weighted by molar-refractivity contribution is -0.392. The van der Waals surface area contributed by atoms with E-state index in [4.69, 9.17) is 0 Å². The highest BCUT2D eigenvalue weighted by molar-refractivity contribution is 5.76. The third-order valence-electron chi connectivity index (χ3n) is 4.55. The maximum Gasteiger partial charge on any atom is 0.343 e. The first-order valence-electron chi connectivity index (χ1n) is 8.21. The smallest absolute Gasteiger partial charge is 0.343 e. The van der Waals surface area contributed by atoms with Gasteiger partial charge in [-0.1, -0.05) is 17.7 Å². The van der Waals surface area contributed by atoms with Crippen LogP contribution in [-0.2, 0) is 11.3 Å². The van der Waals surface area contributed by atoms with Crippen molar-refractivity contribution in [1.82, 2.24) is 14.5 Å². The van der Waals surface area contributed by atoms with Gasteiger partial charge in [-0.25, -0.2) is 9.55 Å². The Kier molecular flexibility index (Phi) is 4.69. The van der Waals surface area contributed by atoms with Crippen molar-refractivity contribution in [1.29, 1.82) is 0 Å². The van der Waals surface area contributed by atoms with Gasteiger partial charge in [0.15, 0.2) is 12.4 Å². The summed E-state index contributed by atoms with van der Waals surface area (Å²) >= 11 is 0. The van der Waals surface area contributed by atoms with Crippen molar-refractivity contribution in [2.24, 2.45) is 0 Å². The van der Waals surface area contributed by atoms with E-state index in [1.807, 2.05) is 0 Å². The molecular weight excluding hydrogens is 322 g/mol. The summed E-state index contributed by atoms with van der Waals surface area (Å²) in [5.41, 5.74) is 2.37. The zero-order valence-corrected chi connectivity index (χ0v) is 14.4. The summed E-state index contributed by atoms with van der Waals surface area (Å²) in [5.74, 6) is 0.204. The molecule has 1 fully saturated rings. The molecule has 0 bridgehead atoms. The molecule has 0 radical (unpaired) electrons. The second kappa shape index (κ2) is 6.92. The standard InChI is InChI=1S/C17H21N5O3/c1-13-3-5-15(6-4-13)19-7-9-20(10-8-19)17(23)12-21-14(2)18-11-16(21)22(24)25/h3-6,11H,7-10,12H2,1-2H3. The van der Waals surface area contributed by atoms with Crippen molar-refractivity contribution >= 4 is 17.4 Å². The van der Waals surface area contributed by atoms with E-state index in [9.17, 15) is 14.9 Å². The van der Waals surface area contributed by atoms with Gasteiger partial charge in [0.2, 0.25) is 0 Å². The summed E-state index contributed by atoms with van der Waals surface area (Å²) in [4.78, 5) is 31.0. The highest BCUT2D eigenvalue weighted by Crippen LogP contribution is 2.18. The van der Waals surface area contributed by atoms with Crippen LogP contribution in [0.1, 0.15) is 11.4 Å². The zero-order chi connectivity index (χ0) is 18.0. The Balaban J connectivity index is 1.61. The highest BCUT2D eigenvalue weighted by atomic mass is 16.6. The van der Waals surface area contributed by atoms with Gasteiger partial charge in [-0.05, 0) is 24.0 Å². The van der Waals surface area contributed by atoms with Crippen LogP contribution in [0.5, 0.6) is 0 Å². The van der Waals surface area contributed by atoms with Crippen LogP contribution in [0.15, 0.2) is 30.5 Å². The number of carbonyl (C=O) groups excluding carboxylic acids is 1. The summed E-state index contributed by atoms with van der Waals surface area (Å²) in [6.07, 6.45) is 1.19. The Bertz CT molecular complexity index is 776. The monoisotopic (exact) mass is 343 g/mol. The first kappa shape index (κ1) is 16.9. The number of carbonyl (C=O) groups is 1. The Hall–Kier alpha value is -2.90. The van der Waals surface area contributed by atoms with Crippen LogP contribution in [0.25, 0.3) is 0 Å². The van der Waals surface area contributed by atoms with E-state index >= 15 is 0 Å². The van der Waals surface area contributed by atoms with Crippen LogP contribution in [0.4, 0.5) is 11.5 Å². The number of nitro groups is 1. The van der Waals surface area contributed by atoms with Crippen LogP contribution in [0.2, 0.25) is 0 Å². The number of rotatable bonds is 4. The average Bonchev–Trinajstić information content (AvgIpc) is 2.97. The van der Waals surface area contributed by atoms with Gasteiger partial charge in [-0.2, -0.15) is 0 Å². The van der Waals surface area contributed by atoms with E-state index in [0.29, 0.717) is 18.9 Å². The predicted molar refractivity (Wildman–Crippen MR) is 93.6 cm³/mol. The number of piperazine rings is 1. The van der Waals surface area contributed by atoms with Crippen LogP contribution < -0.4 is 4.90 Å². The van der Waals surface area contributed by atoms with Gasteiger partial charge < -0.3 is 19.9 Å². The molecule has 8 heteroatoms. The number of amides is 1. The van der Waals surface area contributed by atoms with Gasteiger partial charge in [-0.15, -0.1) is 0 Å². The second-order valence-electron chi connectivity index (χ2n) is 6.21. The molecule has 0 N–H and O–H groups in total. The normalized spacial score (nSPS) is 14.6. The SMILES string of the molecule is Cc1ccc(N2CCN(C(=O)Cn3c([N+](=O)[O-])cnc3C)CC2)cc1. The fourth-order valence-electron chi connectivity index (χ4n) is 3.00. The Morgan fingerprint density at radius 2 is 1.80 bits per heavy atom. The molecule has 1 aromatic heterocycles. The van der Waals surface area contributed by atoms with Gasteiger partial charge in [0.05, 0.1) is 0 Å². The summed E-state index contributed by atoms with van der Waals surface area (Å²) in [6, 6.07) is 8.33. The van der Waals surface area contributed by atoms with E-state index in [-0.39, 0.29) is 18.3 Å². The third kappa shape index (κ3) is 3.62. The molecule has 1 aromatic carbocycles. The first-order chi connectivity index (χ1) is 12.0. The molecule has 8 nitrogen and oxygen atoms in total. The summed E-state index contributed by atoms with van der Waals surface area (Å²) in [5, 5.41) is 11.0. The fraction of sp³-hybridized carbons (Fsp3) is 0.412. The number of nitrogens with zero attached hydrogens (tertiary/aromatic N) is 5. The molecule has 3 rings (SSSR count). The molecule has 0 saturated carbocycles. The predicted octanol–water partition coefficient (Wildman–Crippen LogP) is 1.76. The van der Waals surface area contributed by atoms with E-state index in [1.54, 1.807) is 11.8 Å². The molecule has 0 atom stereocenters.